The van der Waals surface area contributed by atoms with Crippen molar-refractivity contribution in [3.63, 3.8) is 0 Å². The monoisotopic (exact) mass is 399 g/mol. The molecule has 4 amide bonds. The van der Waals surface area contributed by atoms with Crippen molar-refractivity contribution in [2.75, 3.05) is 33.2 Å². The number of likely N-dealkylation sites (N-methyl/N-ethyl adjacent to an activating group) is 1. The van der Waals surface area contributed by atoms with E-state index in [0.717, 1.165) is 23.9 Å². The molecule has 0 radical (unpaired) electrons. The first-order chi connectivity index (χ1) is 14.0. The van der Waals surface area contributed by atoms with Gasteiger partial charge in [-0.3, -0.25) is 19.1 Å². The van der Waals surface area contributed by atoms with Gasteiger partial charge in [0.1, 0.15) is 6.54 Å². The first-order valence-electron chi connectivity index (χ1n) is 9.98. The zero-order valence-electron chi connectivity index (χ0n) is 16.5. The molecule has 2 fully saturated rings. The Morgan fingerprint density at radius 3 is 2.55 bits per heavy atom. The summed E-state index contributed by atoms with van der Waals surface area (Å²) in [5, 5.41) is 0. The Hall–Kier alpha value is -3.10. The zero-order chi connectivity index (χ0) is 20.5. The van der Waals surface area contributed by atoms with E-state index in [1.165, 1.54) is 9.80 Å². The molecule has 0 unspecified atom stereocenters. The molecule has 2 aliphatic heterocycles. The van der Waals surface area contributed by atoms with Gasteiger partial charge >= 0.3 is 11.7 Å². The first kappa shape index (κ1) is 19.2. The number of fused-ring (bicyclic) bond motifs is 1. The Morgan fingerprint density at radius 2 is 1.86 bits per heavy atom. The Labute approximate surface area is 167 Å². The summed E-state index contributed by atoms with van der Waals surface area (Å²) in [6, 6.07) is 7.40. The number of hydrogen-bond acceptors (Lipinski definition) is 4. The zero-order valence-corrected chi connectivity index (χ0v) is 16.5. The van der Waals surface area contributed by atoms with Gasteiger partial charge in [-0.05, 0) is 31.4 Å². The van der Waals surface area contributed by atoms with Gasteiger partial charge in [0.05, 0.1) is 11.0 Å². The highest BCUT2D eigenvalue weighted by Gasteiger charge is 2.33. The van der Waals surface area contributed by atoms with Crippen molar-refractivity contribution >= 4 is 28.9 Å². The average Bonchev–Trinajstić information content (AvgIpc) is 3.17. The highest BCUT2D eigenvalue weighted by molar-refractivity contribution is 6.01. The predicted octanol–water partition coefficient (Wildman–Crippen LogP) is 1.17. The van der Waals surface area contributed by atoms with Crippen LogP contribution in [0.1, 0.15) is 31.7 Å². The Balaban J connectivity index is 1.30. The van der Waals surface area contributed by atoms with Crippen LogP contribution in [0.5, 0.6) is 0 Å². The minimum Gasteiger partial charge on any atom is -0.343 e. The lowest BCUT2D eigenvalue weighted by atomic mass is 10.0. The van der Waals surface area contributed by atoms with Gasteiger partial charge in [-0.15, -0.1) is 0 Å². The van der Waals surface area contributed by atoms with Crippen molar-refractivity contribution in [1.82, 2.24) is 24.3 Å². The van der Waals surface area contributed by atoms with E-state index in [0.29, 0.717) is 25.9 Å². The second-order valence-electron chi connectivity index (χ2n) is 7.72. The quantitative estimate of drug-likeness (QED) is 0.763. The second kappa shape index (κ2) is 7.73. The van der Waals surface area contributed by atoms with E-state index >= 15 is 0 Å². The molecular formula is C20H25N5O4. The molecule has 2 saturated heterocycles. The van der Waals surface area contributed by atoms with E-state index in [4.69, 9.17) is 0 Å². The third kappa shape index (κ3) is 3.64. The maximum absolute atomic E-state index is 12.5. The van der Waals surface area contributed by atoms with E-state index in [2.05, 4.69) is 4.98 Å². The van der Waals surface area contributed by atoms with Crippen molar-refractivity contribution in [2.45, 2.75) is 31.7 Å². The normalized spacial score (nSPS) is 18.3. The summed E-state index contributed by atoms with van der Waals surface area (Å²) in [5.41, 5.74) is 1.61. The van der Waals surface area contributed by atoms with Crippen molar-refractivity contribution in [3.05, 3.63) is 34.7 Å². The van der Waals surface area contributed by atoms with Gasteiger partial charge < -0.3 is 14.8 Å². The van der Waals surface area contributed by atoms with E-state index in [-0.39, 0.29) is 42.7 Å². The van der Waals surface area contributed by atoms with Gasteiger partial charge in [0.15, 0.2) is 0 Å². The third-order valence-electron chi connectivity index (χ3n) is 5.81. The van der Waals surface area contributed by atoms with Crippen LogP contribution in [0.3, 0.4) is 0 Å². The SMILES string of the molecule is CN1CC(=O)N(CCCC(=O)N2CCC(n3c(=O)[nH]c4ccccc43)CC2)C1=O. The molecule has 1 aromatic heterocycles. The topological polar surface area (TPSA) is 98.7 Å². The molecular weight excluding hydrogens is 374 g/mol. The lowest BCUT2D eigenvalue weighted by molar-refractivity contribution is -0.133. The number of nitrogens with zero attached hydrogens (tertiary/aromatic N) is 4. The van der Waals surface area contributed by atoms with Gasteiger partial charge in [-0.1, -0.05) is 12.1 Å². The Kier molecular flexibility index (Phi) is 5.12. The molecule has 2 aliphatic rings. The largest absolute Gasteiger partial charge is 0.343 e. The van der Waals surface area contributed by atoms with Crippen molar-refractivity contribution in [3.8, 4) is 0 Å². The summed E-state index contributed by atoms with van der Waals surface area (Å²) in [6.07, 6.45) is 2.22. The molecule has 0 saturated carbocycles. The van der Waals surface area contributed by atoms with Gasteiger partial charge in [-0.25, -0.2) is 9.59 Å². The van der Waals surface area contributed by atoms with Crippen LogP contribution in [-0.4, -0.2) is 75.3 Å². The van der Waals surface area contributed by atoms with Gasteiger partial charge in [-0.2, -0.15) is 0 Å². The number of likely N-dealkylation sites (tertiary alicyclic amines) is 1. The van der Waals surface area contributed by atoms with Crippen LogP contribution < -0.4 is 5.69 Å². The molecule has 0 spiro atoms. The van der Waals surface area contributed by atoms with Crippen molar-refractivity contribution in [1.29, 1.82) is 0 Å². The number of nitrogens with one attached hydrogen (secondary N) is 1. The van der Waals surface area contributed by atoms with Crippen LogP contribution >= 0.6 is 0 Å². The van der Waals surface area contributed by atoms with E-state index in [1.807, 2.05) is 29.2 Å². The summed E-state index contributed by atoms with van der Waals surface area (Å²) in [7, 11) is 1.59. The lowest BCUT2D eigenvalue weighted by Crippen LogP contribution is -2.41. The summed E-state index contributed by atoms with van der Waals surface area (Å²) in [4.78, 5) is 55.8. The number of rotatable bonds is 5. The van der Waals surface area contributed by atoms with E-state index < -0.39 is 0 Å². The Bertz CT molecular complexity index is 1000. The molecule has 29 heavy (non-hydrogen) atoms. The number of benzene rings is 1. The molecule has 1 N–H and O–H groups in total. The smallest absolute Gasteiger partial charge is 0.326 e. The number of carbonyl (C=O) groups excluding carboxylic acids is 3. The summed E-state index contributed by atoms with van der Waals surface area (Å²) in [5.74, 6) is -0.183. The molecule has 154 valence electrons. The number of piperidine rings is 1. The van der Waals surface area contributed by atoms with Crippen LogP contribution in [0.15, 0.2) is 29.1 Å². The van der Waals surface area contributed by atoms with Crippen LogP contribution in [0.2, 0.25) is 0 Å². The highest BCUT2D eigenvalue weighted by atomic mass is 16.2. The summed E-state index contributed by atoms with van der Waals surface area (Å²) >= 11 is 0. The number of para-hydroxylation sites is 2. The Morgan fingerprint density at radius 1 is 1.14 bits per heavy atom. The number of imide groups is 1. The number of hydrogen-bond donors (Lipinski definition) is 1. The average molecular weight is 399 g/mol. The first-order valence-corrected chi connectivity index (χ1v) is 9.98. The summed E-state index contributed by atoms with van der Waals surface area (Å²) < 4.78 is 1.80. The van der Waals surface area contributed by atoms with Gasteiger partial charge in [0.2, 0.25) is 11.8 Å². The molecule has 0 aliphatic carbocycles. The minimum absolute atomic E-state index is 0.0298. The number of H-pyrrole nitrogens is 1. The number of aromatic amines is 1. The van der Waals surface area contributed by atoms with E-state index in [9.17, 15) is 19.2 Å². The fourth-order valence-electron chi connectivity index (χ4n) is 4.25. The lowest BCUT2D eigenvalue weighted by Gasteiger charge is -2.32. The fraction of sp³-hybridized carbons (Fsp3) is 0.500. The number of imidazole rings is 1. The minimum atomic E-state index is -0.299. The summed E-state index contributed by atoms with van der Waals surface area (Å²) in [6.45, 7) is 1.57. The number of carbonyl (C=O) groups is 3. The predicted molar refractivity (Wildman–Crippen MR) is 106 cm³/mol. The molecule has 1 aromatic carbocycles. The molecule has 9 heteroatoms. The van der Waals surface area contributed by atoms with Crippen LogP contribution in [0.25, 0.3) is 11.0 Å². The molecule has 3 heterocycles. The number of urea groups is 1. The maximum atomic E-state index is 12.5. The molecule has 0 bridgehead atoms. The van der Waals surface area contributed by atoms with E-state index in [1.54, 1.807) is 11.6 Å². The highest BCUT2D eigenvalue weighted by Crippen LogP contribution is 2.25. The molecule has 4 rings (SSSR count). The van der Waals surface area contributed by atoms with Gasteiger partial charge in [0.25, 0.3) is 0 Å². The van der Waals surface area contributed by atoms with Crippen LogP contribution in [0, 0.1) is 0 Å². The standard InChI is InChI=1S/C20H25N5O4/c1-22-13-18(27)24(20(22)29)10-4-7-17(26)23-11-8-14(9-12-23)25-16-6-3-2-5-15(16)21-19(25)28/h2-3,5-6,14H,4,7-13H2,1H3,(H,21,28). The van der Waals surface area contributed by atoms with Crippen molar-refractivity contribution < 1.29 is 14.4 Å². The molecule has 0 atom stereocenters. The van der Waals surface area contributed by atoms with Crippen LogP contribution in [0.4, 0.5) is 4.79 Å². The number of amides is 4. The van der Waals surface area contributed by atoms with Gasteiger partial charge in [0, 0.05) is 39.1 Å². The van der Waals surface area contributed by atoms with Crippen molar-refractivity contribution in [2.24, 2.45) is 0 Å². The maximum Gasteiger partial charge on any atom is 0.326 e. The second-order valence-corrected chi connectivity index (χ2v) is 7.72. The number of aromatic nitrogens is 2. The molecule has 2 aromatic rings. The third-order valence-corrected chi connectivity index (χ3v) is 5.81. The fourth-order valence-corrected chi connectivity index (χ4v) is 4.25. The molecule has 9 nitrogen and oxygen atoms in total. The van der Waals surface area contributed by atoms with Crippen LogP contribution in [-0.2, 0) is 9.59 Å².